The van der Waals surface area contributed by atoms with Crippen LogP contribution in [0.25, 0.3) is 0 Å². The molecule has 0 N–H and O–H groups in total. The Kier molecular flexibility index (Phi) is 3.94. The van der Waals surface area contributed by atoms with E-state index in [9.17, 15) is 4.79 Å². The van der Waals surface area contributed by atoms with Gasteiger partial charge in [0, 0.05) is 19.0 Å². The summed E-state index contributed by atoms with van der Waals surface area (Å²) in [7, 11) is 0. The number of carbonyl (C=O) groups excluding carboxylic acids is 1. The molecule has 1 fully saturated rings. The highest BCUT2D eigenvalue weighted by molar-refractivity contribution is 9.11. The largest absolute Gasteiger partial charge is 0.303 e. The average molecular weight is 288 g/mol. The normalized spacial score (nSPS) is 22.9. The molecule has 0 aliphatic carbocycles. The van der Waals surface area contributed by atoms with E-state index in [4.69, 9.17) is 0 Å². The SMILES string of the molecule is O=CC1CCCN(Cc2csc(Br)c2)C1. The third-order valence-corrected chi connectivity index (χ3v) is 4.32. The van der Waals surface area contributed by atoms with Gasteiger partial charge in [-0.1, -0.05) is 0 Å². The zero-order chi connectivity index (χ0) is 10.7. The number of nitrogens with zero attached hydrogens (tertiary/aromatic N) is 1. The van der Waals surface area contributed by atoms with Gasteiger partial charge in [0.05, 0.1) is 3.79 Å². The number of carbonyl (C=O) groups is 1. The molecule has 1 aliphatic rings. The third kappa shape index (κ3) is 3.13. The number of halogens is 1. The Balaban J connectivity index is 1.91. The van der Waals surface area contributed by atoms with E-state index in [0.717, 1.165) is 38.8 Å². The van der Waals surface area contributed by atoms with Gasteiger partial charge in [-0.2, -0.15) is 0 Å². The van der Waals surface area contributed by atoms with Crippen LogP contribution in [-0.2, 0) is 11.3 Å². The summed E-state index contributed by atoms with van der Waals surface area (Å²) >= 11 is 5.19. The number of aldehydes is 1. The van der Waals surface area contributed by atoms with Gasteiger partial charge in [-0.05, 0) is 52.3 Å². The second-order valence-corrected chi connectivity index (χ2v) is 6.32. The lowest BCUT2D eigenvalue weighted by atomic mass is 9.99. The standard InChI is InChI=1S/C11H14BrNOS/c12-11-4-10(8-15-11)6-13-3-1-2-9(5-13)7-14/h4,7-9H,1-3,5-6H2. The zero-order valence-electron chi connectivity index (χ0n) is 8.49. The molecule has 15 heavy (non-hydrogen) atoms. The molecule has 1 aliphatic heterocycles. The van der Waals surface area contributed by atoms with Crippen LogP contribution >= 0.6 is 27.3 Å². The summed E-state index contributed by atoms with van der Waals surface area (Å²) in [4.78, 5) is 13.1. The molecule has 0 spiro atoms. The van der Waals surface area contributed by atoms with Gasteiger partial charge in [-0.15, -0.1) is 11.3 Å². The van der Waals surface area contributed by atoms with E-state index in [2.05, 4.69) is 32.3 Å². The number of hydrogen-bond acceptors (Lipinski definition) is 3. The Labute approximate surface area is 102 Å². The van der Waals surface area contributed by atoms with E-state index in [1.54, 1.807) is 11.3 Å². The molecule has 1 aromatic heterocycles. The van der Waals surface area contributed by atoms with Gasteiger partial charge in [-0.25, -0.2) is 0 Å². The smallest absolute Gasteiger partial charge is 0.124 e. The number of thiophene rings is 1. The first-order chi connectivity index (χ1) is 7.28. The van der Waals surface area contributed by atoms with Crippen molar-refractivity contribution in [3.8, 4) is 0 Å². The van der Waals surface area contributed by atoms with Gasteiger partial charge in [0.1, 0.15) is 6.29 Å². The molecule has 0 radical (unpaired) electrons. The zero-order valence-corrected chi connectivity index (χ0v) is 10.9. The summed E-state index contributed by atoms with van der Waals surface area (Å²) in [5.74, 6) is 0.251. The van der Waals surface area contributed by atoms with Crippen LogP contribution in [0.4, 0.5) is 0 Å². The molecule has 2 nitrogen and oxygen atoms in total. The van der Waals surface area contributed by atoms with Crippen molar-refractivity contribution in [1.29, 1.82) is 0 Å². The predicted molar refractivity (Wildman–Crippen MR) is 66.1 cm³/mol. The van der Waals surface area contributed by atoms with Gasteiger partial charge in [0.25, 0.3) is 0 Å². The lowest BCUT2D eigenvalue weighted by molar-refractivity contribution is -0.112. The fourth-order valence-corrected chi connectivity index (χ4v) is 3.23. The van der Waals surface area contributed by atoms with Crippen molar-refractivity contribution < 1.29 is 4.79 Å². The third-order valence-electron chi connectivity index (χ3n) is 2.76. The molecule has 2 heterocycles. The topological polar surface area (TPSA) is 20.3 Å². The van der Waals surface area contributed by atoms with Gasteiger partial charge < -0.3 is 4.79 Å². The van der Waals surface area contributed by atoms with Gasteiger partial charge in [0.2, 0.25) is 0 Å². The van der Waals surface area contributed by atoms with E-state index in [1.807, 2.05) is 0 Å². The monoisotopic (exact) mass is 287 g/mol. The van der Waals surface area contributed by atoms with Crippen LogP contribution in [0.3, 0.4) is 0 Å². The van der Waals surface area contributed by atoms with Crippen LogP contribution in [-0.4, -0.2) is 24.3 Å². The Hall–Kier alpha value is -0.190. The highest BCUT2D eigenvalue weighted by Crippen LogP contribution is 2.23. The summed E-state index contributed by atoms with van der Waals surface area (Å²) in [6.07, 6.45) is 3.32. The number of rotatable bonds is 3. The van der Waals surface area contributed by atoms with Crippen LogP contribution in [0.2, 0.25) is 0 Å². The van der Waals surface area contributed by atoms with Crippen molar-refractivity contribution >= 4 is 33.6 Å². The molecule has 82 valence electrons. The van der Waals surface area contributed by atoms with Crippen LogP contribution in [0.1, 0.15) is 18.4 Å². The number of hydrogen-bond donors (Lipinski definition) is 0. The molecule has 0 saturated carbocycles. The minimum atomic E-state index is 0.251. The van der Waals surface area contributed by atoms with E-state index in [-0.39, 0.29) is 5.92 Å². The van der Waals surface area contributed by atoms with Crippen LogP contribution in [0.15, 0.2) is 15.2 Å². The number of likely N-dealkylation sites (tertiary alicyclic amines) is 1. The van der Waals surface area contributed by atoms with Crippen LogP contribution in [0.5, 0.6) is 0 Å². The first-order valence-corrected chi connectivity index (χ1v) is 6.86. The predicted octanol–water partition coefficient (Wildman–Crippen LogP) is 2.92. The van der Waals surface area contributed by atoms with E-state index >= 15 is 0 Å². The maximum Gasteiger partial charge on any atom is 0.124 e. The Bertz CT molecular complexity index is 339. The van der Waals surface area contributed by atoms with Crippen molar-refractivity contribution in [3.05, 3.63) is 20.8 Å². The van der Waals surface area contributed by atoms with Crippen molar-refractivity contribution in [2.75, 3.05) is 13.1 Å². The molecule has 1 atom stereocenters. The molecule has 0 aromatic carbocycles. The molecule has 0 amide bonds. The van der Waals surface area contributed by atoms with Crippen molar-refractivity contribution in [3.63, 3.8) is 0 Å². The quantitative estimate of drug-likeness (QED) is 0.797. The molecule has 4 heteroatoms. The molecule has 2 rings (SSSR count). The lowest BCUT2D eigenvalue weighted by Crippen LogP contribution is -2.35. The number of piperidine rings is 1. The maximum absolute atomic E-state index is 10.7. The van der Waals surface area contributed by atoms with Crippen LogP contribution < -0.4 is 0 Å². The molecular weight excluding hydrogens is 274 g/mol. The first-order valence-electron chi connectivity index (χ1n) is 5.18. The highest BCUT2D eigenvalue weighted by Gasteiger charge is 2.19. The molecule has 1 aromatic rings. The minimum absolute atomic E-state index is 0.251. The van der Waals surface area contributed by atoms with Crippen molar-refractivity contribution in [2.45, 2.75) is 19.4 Å². The molecule has 0 bridgehead atoms. The Morgan fingerprint density at radius 3 is 3.20 bits per heavy atom. The van der Waals surface area contributed by atoms with Gasteiger partial charge in [-0.3, -0.25) is 4.90 Å². The Morgan fingerprint density at radius 1 is 1.67 bits per heavy atom. The summed E-state index contributed by atoms with van der Waals surface area (Å²) < 4.78 is 1.18. The summed E-state index contributed by atoms with van der Waals surface area (Å²) in [5, 5.41) is 2.18. The van der Waals surface area contributed by atoms with Crippen molar-refractivity contribution in [1.82, 2.24) is 4.90 Å². The average Bonchev–Trinajstić information content (AvgIpc) is 2.64. The summed E-state index contributed by atoms with van der Waals surface area (Å²) in [6.45, 7) is 3.03. The van der Waals surface area contributed by atoms with Gasteiger partial charge >= 0.3 is 0 Å². The first kappa shape index (κ1) is 11.3. The van der Waals surface area contributed by atoms with E-state index in [1.165, 1.54) is 9.35 Å². The summed E-state index contributed by atoms with van der Waals surface area (Å²) in [6, 6.07) is 2.16. The summed E-state index contributed by atoms with van der Waals surface area (Å²) in [5.41, 5.74) is 1.35. The van der Waals surface area contributed by atoms with E-state index in [0.29, 0.717) is 0 Å². The molecular formula is C11H14BrNOS. The second kappa shape index (κ2) is 5.23. The van der Waals surface area contributed by atoms with Crippen molar-refractivity contribution in [2.24, 2.45) is 5.92 Å². The molecule has 1 unspecified atom stereocenters. The van der Waals surface area contributed by atoms with E-state index < -0.39 is 0 Å². The van der Waals surface area contributed by atoms with Gasteiger partial charge in [0.15, 0.2) is 0 Å². The Morgan fingerprint density at radius 2 is 2.53 bits per heavy atom. The van der Waals surface area contributed by atoms with Crippen LogP contribution in [0, 0.1) is 5.92 Å². The minimum Gasteiger partial charge on any atom is -0.303 e. The highest BCUT2D eigenvalue weighted by atomic mass is 79.9. The maximum atomic E-state index is 10.7. The lowest BCUT2D eigenvalue weighted by Gasteiger charge is -2.29. The second-order valence-electron chi connectivity index (χ2n) is 4.03. The molecule has 1 saturated heterocycles. The fourth-order valence-electron chi connectivity index (χ4n) is 2.03. The fraction of sp³-hybridized carbons (Fsp3) is 0.545.